The Kier molecular flexibility index (Phi) is 7.51. The van der Waals surface area contributed by atoms with E-state index in [1.807, 2.05) is 73.7 Å². The number of amides is 1. The number of pyridine rings is 1. The number of fused-ring (bicyclic) bond motifs is 1. The van der Waals surface area contributed by atoms with E-state index in [-0.39, 0.29) is 12.5 Å². The third-order valence-corrected chi connectivity index (χ3v) is 5.16. The number of nitrogens with one attached hydrogen (secondary N) is 2. The van der Waals surface area contributed by atoms with Gasteiger partial charge in [-0.15, -0.1) is 0 Å². The van der Waals surface area contributed by atoms with Gasteiger partial charge in [-0.2, -0.15) is 0 Å². The predicted molar refractivity (Wildman–Crippen MR) is 131 cm³/mol. The molecule has 0 fully saturated rings. The lowest BCUT2D eigenvalue weighted by Gasteiger charge is -2.15. The van der Waals surface area contributed by atoms with Crippen LogP contribution in [0.3, 0.4) is 0 Å². The number of carbonyl (C=O) groups excluding carboxylic acids is 1. The average Bonchev–Trinajstić information content (AvgIpc) is 2.85. The number of aryl methyl sites for hydroxylation is 1. The van der Waals surface area contributed by atoms with Crippen molar-refractivity contribution in [3.8, 4) is 11.6 Å². The molecule has 3 aromatic carbocycles. The normalized spacial score (nSPS) is 10.7. The van der Waals surface area contributed by atoms with Gasteiger partial charge in [0.2, 0.25) is 5.88 Å². The number of aromatic nitrogens is 1. The molecule has 0 aliphatic rings. The molecule has 6 nitrogen and oxygen atoms in total. The second-order valence-corrected chi connectivity index (χ2v) is 7.66. The summed E-state index contributed by atoms with van der Waals surface area (Å²) in [5.74, 6) is 1.09. The lowest BCUT2D eigenvalue weighted by molar-refractivity contribution is -0.118. The van der Waals surface area contributed by atoms with E-state index in [2.05, 4.69) is 27.8 Å². The first-order valence-electron chi connectivity index (χ1n) is 10.9. The SMILES string of the molecule is Cc1ccc(NC(=O)COc2ccc3ccccc3c2CNCCOc2ccccn2)cc1. The van der Waals surface area contributed by atoms with Gasteiger partial charge in [-0.05, 0) is 42.0 Å². The lowest BCUT2D eigenvalue weighted by atomic mass is 10.0. The van der Waals surface area contributed by atoms with E-state index in [4.69, 9.17) is 9.47 Å². The standard InChI is InChI=1S/C27H27N3O3/c1-20-9-12-22(13-10-20)30-26(31)19-33-25-14-11-21-6-2-3-7-23(21)24(25)18-28-16-17-32-27-8-4-5-15-29-27/h2-15,28H,16-19H2,1H3,(H,30,31). The van der Waals surface area contributed by atoms with Gasteiger partial charge in [0.1, 0.15) is 12.4 Å². The molecule has 4 aromatic rings. The van der Waals surface area contributed by atoms with E-state index < -0.39 is 0 Å². The zero-order valence-electron chi connectivity index (χ0n) is 18.6. The number of anilines is 1. The summed E-state index contributed by atoms with van der Waals surface area (Å²) in [6.07, 6.45) is 1.71. The maximum atomic E-state index is 12.4. The van der Waals surface area contributed by atoms with Gasteiger partial charge >= 0.3 is 0 Å². The van der Waals surface area contributed by atoms with Crippen LogP contribution in [0, 0.1) is 6.92 Å². The van der Waals surface area contributed by atoms with Crippen LogP contribution in [0.1, 0.15) is 11.1 Å². The number of hydrogen-bond donors (Lipinski definition) is 2. The zero-order chi connectivity index (χ0) is 22.9. The molecule has 1 heterocycles. The molecule has 0 unspecified atom stereocenters. The molecule has 0 bridgehead atoms. The molecule has 33 heavy (non-hydrogen) atoms. The van der Waals surface area contributed by atoms with Crippen LogP contribution in [-0.4, -0.2) is 30.6 Å². The van der Waals surface area contributed by atoms with Crippen LogP contribution in [0.2, 0.25) is 0 Å². The van der Waals surface area contributed by atoms with Gasteiger partial charge in [-0.25, -0.2) is 4.98 Å². The molecule has 0 aliphatic heterocycles. The van der Waals surface area contributed by atoms with Crippen molar-refractivity contribution >= 4 is 22.4 Å². The van der Waals surface area contributed by atoms with Crippen LogP contribution >= 0.6 is 0 Å². The Morgan fingerprint density at radius 3 is 2.55 bits per heavy atom. The lowest BCUT2D eigenvalue weighted by Crippen LogP contribution is -2.23. The summed E-state index contributed by atoms with van der Waals surface area (Å²) >= 11 is 0. The summed E-state index contributed by atoms with van der Waals surface area (Å²) in [4.78, 5) is 16.6. The molecular weight excluding hydrogens is 414 g/mol. The van der Waals surface area contributed by atoms with Crippen LogP contribution in [0.4, 0.5) is 5.69 Å². The van der Waals surface area contributed by atoms with Crippen molar-refractivity contribution in [1.29, 1.82) is 0 Å². The van der Waals surface area contributed by atoms with Crippen molar-refractivity contribution in [3.63, 3.8) is 0 Å². The highest BCUT2D eigenvalue weighted by atomic mass is 16.5. The highest BCUT2D eigenvalue weighted by Gasteiger charge is 2.11. The third-order valence-electron chi connectivity index (χ3n) is 5.16. The van der Waals surface area contributed by atoms with Crippen molar-refractivity contribution in [2.75, 3.05) is 25.1 Å². The second-order valence-electron chi connectivity index (χ2n) is 7.66. The Bertz CT molecular complexity index is 1190. The smallest absolute Gasteiger partial charge is 0.262 e. The van der Waals surface area contributed by atoms with Crippen LogP contribution in [0.5, 0.6) is 11.6 Å². The minimum Gasteiger partial charge on any atom is -0.483 e. The molecule has 0 saturated carbocycles. The molecule has 6 heteroatoms. The molecule has 4 rings (SSSR count). The molecule has 0 atom stereocenters. The fraction of sp³-hybridized carbons (Fsp3) is 0.185. The fourth-order valence-corrected chi connectivity index (χ4v) is 3.48. The van der Waals surface area contributed by atoms with Gasteiger partial charge in [0.15, 0.2) is 6.61 Å². The van der Waals surface area contributed by atoms with Crippen molar-refractivity contribution in [1.82, 2.24) is 10.3 Å². The second kappa shape index (κ2) is 11.1. The first-order chi connectivity index (χ1) is 16.2. The first kappa shape index (κ1) is 22.3. The fourth-order valence-electron chi connectivity index (χ4n) is 3.48. The van der Waals surface area contributed by atoms with Gasteiger partial charge in [0, 0.05) is 36.6 Å². The van der Waals surface area contributed by atoms with Gasteiger partial charge in [0.25, 0.3) is 5.91 Å². The van der Waals surface area contributed by atoms with Crippen molar-refractivity contribution in [2.45, 2.75) is 13.5 Å². The molecule has 1 amide bonds. The van der Waals surface area contributed by atoms with Gasteiger partial charge in [-0.3, -0.25) is 4.79 Å². The van der Waals surface area contributed by atoms with Crippen LogP contribution in [0.15, 0.2) is 85.1 Å². The summed E-state index contributed by atoms with van der Waals surface area (Å²) in [7, 11) is 0. The summed E-state index contributed by atoms with van der Waals surface area (Å²) < 4.78 is 11.6. The maximum Gasteiger partial charge on any atom is 0.262 e. The van der Waals surface area contributed by atoms with E-state index in [1.165, 1.54) is 0 Å². The van der Waals surface area contributed by atoms with Crippen molar-refractivity contribution < 1.29 is 14.3 Å². The molecule has 0 spiro atoms. The Hall–Kier alpha value is -3.90. The van der Waals surface area contributed by atoms with E-state index >= 15 is 0 Å². The number of carbonyl (C=O) groups is 1. The number of ether oxygens (including phenoxy) is 2. The van der Waals surface area contributed by atoms with Crippen LogP contribution in [-0.2, 0) is 11.3 Å². The quantitative estimate of drug-likeness (QED) is 0.348. The average molecular weight is 442 g/mol. The molecule has 168 valence electrons. The van der Waals surface area contributed by atoms with Crippen LogP contribution < -0.4 is 20.1 Å². The molecular formula is C27H27N3O3. The summed E-state index contributed by atoms with van der Waals surface area (Å²) in [6.45, 7) is 3.67. The Labute approximate surface area is 193 Å². The zero-order valence-corrected chi connectivity index (χ0v) is 18.6. The molecule has 0 saturated heterocycles. The highest BCUT2D eigenvalue weighted by molar-refractivity contribution is 5.92. The van der Waals surface area contributed by atoms with Gasteiger partial charge in [0.05, 0.1) is 0 Å². The highest BCUT2D eigenvalue weighted by Crippen LogP contribution is 2.28. The van der Waals surface area contributed by atoms with E-state index in [0.717, 1.165) is 27.6 Å². The minimum atomic E-state index is -0.199. The summed E-state index contributed by atoms with van der Waals surface area (Å²) in [5, 5.41) is 8.48. The monoisotopic (exact) mass is 441 g/mol. The van der Waals surface area contributed by atoms with E-state index in [9.17, 15) is 4.79 Å². The predicted octanol–water partition coefficient (Wildman–Crippen LogP) is 4.73. The molecule has 1 aromatic heterocycles. The number of rotatable bonds is 10. The number of benzene rings is 3. The van der Waals surface area contributed by atoms with Crippen LogP contribution in [0.25, 0.3) is 10.8 Å². The van der Waals surface area contributed by atoms with Crippen molar-refractivity contribution in [2.24, 2.45) is 0 Å². The van der Waals surface area contributed by atoms with Gasteiger partial charge in [-0.1, -0.05) is 54.1 Å². The Morgan fingerprint density at radius 2 is 1.73 bits per heavy atom. The summed E-state index contributed by atoms with van der Waals surface area (Å²) in [6, 6.07) is 25.3. The molecule has 2 N–H and O–H groups in total. The number of hydrogen-bond acceptors (Lipinski definition) is 5. The van der Waals surface area contributed by atoms with E-state index in [1.54, 1.807) is 6.20 Å². The Balaban J connectivity index is 1.38. The first-order valence-corrected chi connectivity index (χ1v) is 10.9. The largest absolute Gasteiger partial charge is 0.483 e. The van der Waals surface area contributed by atoms with Crippen molar-refractivity contribution in [3.05, 3.63) is 96.2 Å². The molecule has 0 radical (unpaired) electrons. The topological polar surface area (TPSA) is 72.5 Å². The maximum absolute atomic E-state index is 12.4. The van der Waals surface area contributed by atoms with E-state index in [0.29, 0.717) is 31.3 Å². The molecule has 0 aliphatic carbocycles. The minimum absolute atomic E-state index is 0.0675. The third kappa shape index (κ3) is 6.30. The Morgan fingerprint density at radius 1 is 0.909 bits per heavy atom. The number of nitrogens with zero attached hydrogens (tertiary/aromatic N) is 1. The summed E-state index contributed by atoms with van der Waals surface area (Å²) in [5.41, 5.74) is 2.90. The van der Waals surface area contributed by atoms with Gasteiger partial charge < -0.3 is 20.1 Å².